The van der Waals surface area contributed by atoms with E-state index in [-0.39, 0.29) is 19.0 Å². The van der Waals surface area contributed by atoms with Gasteiger partial charge in [0.15, 0.2) is 0 Å². The van der Waals surface area contributed by atoms with E-state index in [9.17, 15) is 14.4 Å². The van der Waals surface area contributed by atoms with Crippen LogP contribution in [0.2, 0.25) is 0 Å². The first-order valence-electron chi connectivity index (χ1n) is 8.06. The molecule has 1 saturated heterocycles. The average molecular weight is 344 g/mol. The van der Waals surface area contributed by atoms with Crippen molar-refractivity contribution in [3.8, 4) is 0 Å². The summed E-state index contributed by atoms with van der Waals surface area (Å²) in [6, 6.07) is 0. The summed E-state index contributed by atoms with van der Waals surface area (Å²) in [7, 11) is 0. The Kier molecular flexibility index (Phi) is 8.48. The Balaban J connectivity index is 2.06. The van der Waals surface area contributed by atoms with Gasteiger partial charge in [0.2, 0.25) is 11.8 Å². The minimum atomic E-state index is -0.674. The summed E-state index contributed by atoms with van der Waals surface area (Å²) in [5.74, 6) is -0.724. The minimum absolute atomic E-state index is 0.127. The van der Waals surface area contributed by atoms with Crippen molar-refractivity contribution in [2.24, 2.45) is 0 Å². The average Bonchev–Trinajstić information content (AvgIpc) is 2.50. The molecule has 0 aliphatic carbocycles. The lowest BCUT2D eigenvalue weighted by Crippen LogP contribution is -2.45. The van der Waals surface area contributed by atoms with Gasteiger partial charge in [-0.2, -0.15) is 0 Å². The van der Waals surface area contributed by atoms with Crippen LogP contribution >= 0.6 is 0 Å². The standard InChI is InChI=1S/C15H28N4O5/c1-15(2,3)24-14(22)18-11-13(21)17-10-12(20)16-4-5-19-6-8-23-9-7-19/h4-11H2,1-3H3,(H,16,20)(H,17,21)(H,18,22). The van der Waals surface area contributed by atoms with Gasteiger partial charge in [0.05, 0.1) is 19.8 Å². The number of carbonyl (C=O) groups excluding carboxylic acids is 3. The largest absolute Gasteiger partial charge is 0.444 e. The molecule has 1 rings (SSSR count). The van der Waals surface area contributed by atoms with Gasteiger partial charge in [-0.05, 0) is 20.8 Å². The van der Waals surface area contributed by atoms with E-state index in [1.807, 2.05) is 0 Å². The van der Waals surface area contributed by atoms with Crippen LogP contribution in [0.4, 0.5) is 4.79 Å². The van der Waals surface area contributed by atoms with Gasteiger partial charge in [-0.15, -0.1) is 0 Å². The Labute approximate surface area is 142 Å². The lowest BCUT2D eigenvalue weighted by molar-refractivity contribution is -0.125. The van der Waals surface area contributed by atoms with Crippen LogP contribution in [0.3, 0.4) is 0 Å². The minimum Gasteiger partial charge on any atom is -0.444 e. The van der Waals surface area contributed by atoms with Crippen molar-refractivity contribution < 1.29 is 23.9 Å². The molecule has 9 nitrogen and oxygen atoms in total. The third-order valence-electron chi connectivity index (χ3n) is 3.09. The maximum absolute atomic E-state index is 11.6. The molecule has 1 aliphatic heterocycles. The lowest BCUT2D eigenvalue weighted by Gasteiger charge is -2.26. The highest BCUT2D eigenvalue weighted by Crippen LogP contribution is 2.05. The molecule has 0 atom stereocenters. The molecule has 138 valence electrons. The number of amides is 3. The molecule has 0 aromatic carbocycles. The SMILES string of the molecule is CC(C)(C)OC(=O)NCC(=O)NCC(=O)NCCN1CCOCC1. The van der Waals surface area contributed by atoms with Crippen LogP contribution < -0.4 is 16.0 Å². The molecule has 0 aromatic rings. The molecule has 1 fully saturated rings. The smallest absolute Gasteiger partial charge is 0.408 e. The molecular weight excluding hydrogens is 316 g/mol. The van der Waals surface area contributed by atoms with E-state index in [1.165, 1.54) is 0 Å². The summed E-state index contributed by atoms with van der Waals surface area (Å²) < 4.78 is 10.2. The molecule has 9 heteroatoms. The van der Waals surface area contributed by atoms with E-state index in [0.717, 1.165) is 19.6 Å². The van der Waals surface area contributed by atoms with E-state index < -0.39 is 17.6 Å². The fourth-order valence-corrected chi connectivity index (χ4v) is 1.95. The number of nitrogens with one attached hydrogen (secondary N) is 3. The van der Waals surface area contributed by atoms with Crippen molar-refractivity contribution in [2.45, 2.75) is 26.4 Å². The summed E-state index contributed by atoms with van der Waals surface area (Å²) in [5.41, 5.74) is -0.624. The van der Waals surface area contributed by atoms with Crippen LogP contribution in [0.15, 0.2) is 0 Å². The van der Waals surface area contributed by atoms with E-state index in [4.69, 9.17) is 9.47 Å². The molecule has 24 heavy (non-hydrogen) atoms. The highest BCUT2D eigenvalue weighted by atomic mass is 16.6. The molecule has 0 spiro atoms. The Bertz CT molecular complexity index is 430. The van der Waals surface area contributed by atoms with E-state index in [0.29, 0.717) is 19.8 Å². The summed E-state index contributed by atoms with van der Waals surface area (Å²) in [5, 5.41) is 7.49. The Morgan fingerprint density at radius 2 is 1.58 bits per heavy atom. The second-order valence-electron chi connectivity index (χ2n) is 6.44. The highest BCUT2D eigenvalue weighted by molar-refractivity contribution is 5.87. The molecule has 3 amide bonds. The molecular formula is C15H28N4O5. The van der Waals surface area contributed by atoms with E-state index in [1.54, 1.807) is 20.8 Å². The number of hydrogen-bond acceptors (Lipinski definition) is 6. The first-order chi connectivity index (χ1) is 11.3. The van der Waals surface area contributed by atoms with Crippen LogP contribution in [0.25, 0.3) is 0 Å². The van der Waals surface area contributed by atoms with Gasteiger partial charge in [-0.3, -0.25) is 14.5 Å². The molecule has 1 heterocycles. The number of hydrogen-bond donors (Lipinski definition) is 3. The molecule has 0 bridgehead atoms. The fraction of sp³-hybridized carbons (Fsp3) is 0.800. The predicted molar refractivity (Wildman–Crippen MR) is 87.5 cm³/mol. The number of rotatable bonds is 7. The quantitative estimate of drug-likeness (QED) is 0.551. The topological polar surface area (TPSA) is 109 Å². The molecule has 0 unspecified atom stereocenters. The number of carbonyl (C=O) groups is 3. The van der Waals surface area contributed by atoms with Gasteiger partial charge < -0.3 is 25.4 Å². The maximum Gasteiger partial charge on any atom is 0.408 e. The highest BCUT2D eigenvalue weighted by Gasteiger charge is 2.16. The second-order valence-corrected chi connectivity index (χ2v) is 6.44. The van der Waals surface area contributed by atoms with Crippen LogP contribution in [-0.4, -0.2) is 80.9 Å². The summed E-state index contributed by atoms with van der Waals surface area (Å²) >= 11 is 0. The second kappa shape index (κ2) is 10.1. The third-order valence-corrected chi connectivity index (χ3v) is 3.09. The third kappa shape index (κ3) is 10.0. The van der Waals surface area contributed by atoms with Gasteiger partial charge in [0.1, 0.15) is 12.1 Å². The van der Waals surface area contributed by atoms with E-state index in [2.05, 4.69) is 20.9 Å². The number of nitrogens with zero attached hydrogens (tertiary/aromatic N) is 1. The van der Waals surface area contributed by atoms with Gasteiger partial charge in [-0.1, -0.05) is 0 Å². The Morgan fingerprint density at radius 1 is 1.00 bits per heavy atom. The van der Waals surface area contributed by atoms with Crippen molar-refractivity contribution in [3.05, 3.63) is 0 Å². The molecule has 3 N–H and O–H groups in total. The zero-order valence-corrected chi connectivity index (χ0v) is 14.6. The molecule has 0 radical (unpaired) electrons. The van der Waals surface area contributed by atoms with Crippen LogP contribution in [-0.2, 0) is 19.1 Å². The predicted octanol–water partition coefficient (Wildman–Crippen LogP) is -0.924. The summed E-state index contributed by atoms with van der Waals surface area (Å²) in [6.07, 6.45) is -0.674. The molecule has 0 aromatic heterocycles. The van der Waals surface area contributed by atoms with Crippen LogP contribution in [0.1, 0.15) is 20.8 Å². The number of morpholine rings is 1. The zero-order valence-electron chi connectivity index (χ0n) is 14.6. The lowest BCUT2D eigenvalue weighted by atomic mass is 10.2. The van der Waals surface area contributed by atoms with Gasteiger partial charge in [0, 0.05) is 26.2 Å². The summed E-state index contributed by atoms with van der Waals surface area (Å²) in [4.78, 5) is 36.8. The van der Waals surface area contributed by atoms with Gasteiger partial charge >= 0.3 is 6.09 Å². The van der Waals surface area contributed by atoms with E-state index >= 15 is 0 Å². The van der Waals surface area contributed by atoms with Crippen molar-refractivity contribution in [1.29, 1.82) is 0 Å². The van der Waals surface area contributed by atoms with Gasteiger partial charge in [0.25, 0.3) is 0 Å². The maximum atomic E-state index is 11.6. The summed E-state index contributed by atoms with van der Waals surface area (Å²) in [6.45, 7) is 9.26. The molecule has 0 saturated carbocycles. The van der Waals surface area contributed by atoms with Crippen LogP contribution in [0.5, 0.6) is 0 Å². The Morgan fingerprint density at radius 3 is 2.21 bits per heavy atom. The van der Waals surface area contributed by atoms with Crippen molar-refractivity contribution >= 4 is 17.9 Å². The Hall–Kier alpha value is -1.87. The normalized spacial score (nSPS) is 15.5. The van der Waals surface area contributed by atoms with Crippen molar-refractivity contribution in [1.82, 2.24) is 20.9 Å². The first kappa shape index (κ1) is 20.2. The molecule has 1 aliphatic rings. The zero-order chi connectivity index (χ0) is 18.0. The fourth-order valence-electron chi connectivity index (χ4n) is 1.95. The number of alkyl carbamates (subject to hydrolysis) is 1. The van der Waals surface area contributed by atoms with Gasteiger partial charge in [-0.25, -0.2) is 4.79 Å². The monoisotopic (exact) mass is 344 g/mol. The first-order valence-corrected chi connectivity index (χ1v) is 8.06. The number of ether oxygens (including phenoxy) is 2. The van der Waals surface area contributed by atoms with Crippen LogP contribution in [0, 0.1) is 0 Å². The van der Waals surface area contributed by atoms with Crippen molar-refractivity contribution in [2.75, 3.05) is 52.5 Å². The van der Waals surface area contributed by atoms with Crippen molar-refractivity contribution in [3.63, 3.8) is 0 Å².